The molecule has 6 nitrogen and oxygen atoms in total. The summed E-state index contributed by atoms with van der Waals surface area (Å²) >= 11 is 0. The average molecular weight is 253 g/mol. The Morgan fingerprint density at radius 2 is 2.22 bits per heavy atom. The molecule has 0 bridgehead atoms. The predicted octanol–water partition coefficient (Wildman–Crippen LogP) is -0.0746. The van der Waals surface area contributed by atoms with Gasteiger partial charge in [-0.15, -0.1) is 0 Å². The number of likely N-dealkylation sites (N-methyl/N-ethyl adjacent to an activating group) is 1. The molecular formula is C12H19N3O3. The van der Waals surface area contributed by atoms with Crippen molar-refractivity contribution in [1.82, 2.24) is 9.47 Å². The minimum Gasteiger partial charge on any atom is -0.398 e. The number of pyridine rings is 1. The summed E-state index contributed by atoms with van der Waals surface area (Å²) in [5, 5.41) is 0. The number of methoxy groups -OCH3 is 1. The number of anilines is 1. The first-order chi connectivity index (χ1) is 8.54. The van der Waals surface area contributed by atoms with Gasteiger partial charge in [0, 0.05) is 45.3 Å². The summed E-state index contributed by atoms with van der Waals surface area (Å²) in [7, 11) is 3.32. The van der Waals surface area contributed by atoms with E-state index in [9.17, 15) is 9.59 Å². The van der Waals surface area contributed by atoms with Crippen LogP contribution >= 0.6 is 0 Å². The van der Waals surface area contributed by atoms with Gasteiger partial charge in [-0.1, -0.05) is 0 Å². The van der Waals surface area contributed by atoms with Crippen molar-refractivity contribution >= 4 is 11.6 Å². The van der Waals surface area contributed by atoms with Crippen LogP contribution in [0.2, 0.25) is 0 Å². The highest BCUT2D eigenvalue weighted by molar-refractivity contribution is 5.75. The zero-order valence-corrected chi connectivity index (χ0v) is 10.8. The second kappa shape index (κ2) is 6.80. The topological polar surface area (TPSA) is 77.6 Å². The van der Waals surface area contributed by atoms with Gasteiger partial charge in [0.25, 0.3) is 5.56 Å². The van der Waals surface area contributed by atoms with E-state index in [2.05, 4.69) is 0 Å². The molecule has 1 heterocycles. The molecule has 0 spiro atoms. The van der Waals surface area contributed by atoms with Gasteiger partial charge in [0.2, 0.25) is 5.91 Å². The van der Waals surface area contributed by atoms with Crippen LogP contribution < -0.4 is 11.3 Å². The van der Waals surface area contributed by atoms with Gasteiger partial charge in [0.15, 0.2) is 0 Å². The molecule has 0 aromatic carbocycles. The van der Waals surface area contributed by atoms with Gasteiger partial charge >= 0.3 is 0 Å². The van der Waals surface area contributed by atoms with Crippen LogP contribution in [-0.2, 0) is 16.1 Å². The van der Waals surface area contributed by atoms with E-state index in [0.717, 1.165) is 6.42 Å². The standard InChI is InChI=1S/C12H19N3O3/c1-14(6-3-7-18-2)12(17)9-15-8-10(13)4-5-11(15)16/h4-5,8H,3,6-7,9,13H2,1-2H3. The lowest BCUT2D eigenvalue weighted by atomic mass is 10.3. The van der Waals surface area contributed by atoms with E-state index in [1.807, 2.05) is 0 Å². The van der Waals surface area contributed by atoms with Gasteiger partial charge in [-0.2, -0.15) is 0 Å². The van der Waals surface area contributed by atoms with E-state index in [4.69, 9.17) is 10.5 Å². The third-order valence-electron chi connectivity index (χ3n) is 2.58. The fraction of sp³-hybridized carbons (Fsp3) is 0.500. The first kappa shape index (κ1) is 14.2. The number of ether oxygens (including phenoxy) is 1. The molecule has 0 atom stereocenters. The normalized spacial score (nSPS) is 10.3. The monoisotopic (exact) mass is 253 g/mol. The number of rotatable bonds is 6. The van der Waals surface area contributed by atoms with Gasteiger partial charge < -0.3 is 19.9 Å². The Balaban J connectivity index is 2.58. The number of hydrogen-bond donors (Lipinski definition) is 1. The number of carbonyl (C=O) groups is 1. The lowest BCUT2D eigenvalue weighted by Gasteiger charge is -2.17. The highest BCUT2D eigenvalue weighted by atomic mass is 16.5. The van der Waals surface area contributed by atoms with Crippen molar-refractivity contribution in [3.05, 3.63) is 28.7 Å². The van der Waals surface area contributed by atoms with Crippen LogP contribution in [0.25, 0.3) is 0 Å². The molecule has 6 heteroatoms. The van der Waals surface area contributed by atoms with Gasteiger partial charge in [0.1, 0.15) is 6.54 Å². The molecule has 0 aliphatic heterocycles. The Hall–Kier alpha value is -1.82. The van der Waals surface area contributed by atoms with Gasteiger partial charge in [-0.25, -0.2) is 0 Å². The molecule has 0 saturated heterocycles. The number of carbonyl (C=O) groups excluding carboxylic acids is 1. The SMILES string of the molecule is COCCCN(C)C(=O)Cn1cc(N)ccc1=O. The fourth-order valence-electron chi connectivity index (χ4n) is 1.51. The summed E-state index contributed by atoms with van der Waals surface area (Å²) in [5.41, 5.74) is 5.81. The minimum absolute atomic E-state index is 0.00730. The third kappa shape index (κ3) is 4.21. The fourth-order valence-corrected chi connectivity index (χ4v) is 1.51. The molecule has 0 saturated carbocycles. The lowest BCUT2D eigenvalue weighted by molar-refractivity contribution is -0.130. The van der Waals surface area contributed by atoms with Crippen molar-refractivity contribution in [2.75, 3.05) is 33.0 Å². The lowest BCUT2D eigenvalue weighted by Crippen LogP contribution is -2.34. The van der Waals surface area contributed by atoms with Crippen LogP contribution in [-0.4, -0.2) is 42.7 Å². The average Bonchev–Trinajstić information content (AvgIpc) is 2.34. The van der Waals surface area contributed by atoms with Crippen molar-refractivity contribution in [2.24, 2.45) is 0 Å². The summed E-state index contributed by atoms with van der Waals surface area (Å²) in [4.78, 5) is 24.9. The molecule has 1 aromatic rings. The smallest absolute Gasteiger partial charge is 0.251 e. The van der Waals surface area contributed by atoms with E-state index in [1.54, 1.807) is 19.1 Å². The van der Waals surface area contributed by atoms with Crippen LogP contribution in [0.5, 0.6) is 0 Å². The maximum Gasteiger partial charge on any atom is 0.251 e. The third-order valence-corrected chi connectivity index (χ3v) is 2.58. The minimum atomic E-state index is -0.233. The molecule has 100 valence electrons. The van der Waals surface area contributed by atoms with Crippen molar-refractivity contribution in [3.8, 4) is 0 Å². The maximum absolute atomic E-state index is 11.9. The predicted molar refractivity (Wildman–Crippen MR) is 69.2 cm³/mol. The summed E-state index contributed by atoms with van der Waals surface area (Å²) in [6, 6.07) is 2.87. The molecule has 1 aromatic heterocycles. The zero-order chi connectivity index (χ0) is 13.5. The van der Waals surface area contributed by atoms with Crippen molar-refractivity contribution in [3.63, 3.8) is 0 Å². The quantitative estimate of drug-likeness (QED) is 0.720. The summed E-state index contributed by atoms with van der Waals surface area (Å²) in [5.74, 6) is -0.126. The largest absolute Gasteiger partial charge is 0.398 e. The van der Waals surface area contributed by atoms with Gasteiger partial charge in [-0.05, 0) is 12.5 Å². The number of amides is 1. The molecule has 2 N–H and O–H groups in total. The van der Waals surface area contributed by atoms with Gasteiger partial charge in [-0.3, -0.25) is 9.59 Å². The zero-order valence-electron chi connectivity index (χ0n) is 10.8. The molecule has 1 rings (SSSR count). The van der Waals surface area contributed by atoms with Crippen molar-refractivity contribution < 1.29 is 9.53 Å². The molecule has 0 aliphatic rings. The Morgan fingerprint density at radius 3 is 2.89 bits per heavy atom. The summed E-state index contributed by atoms with van der Waals surface area (Å²) in [6.07, 6.45) is 2.24. The number of aromatic nitrogens is 1. The van der Waals surface area contributed by atoms with Gasteiger partial charge in [0.05, 0.1) is 0 Å². The van der Waals surface area contributed by atoms with E-state index < -0.39 is 0 Å². The van der Waals surface area contributed by atoms with E-state index >= 15 is 0 Å². The van der Waals surface area contributed by atoms with Crippen molar-refractivity contribution in [1.29, 1.82) is 0 Å². The van der Waals surface area contributed by atoms with E-state index in [-0.39, 0.29) is 18.0 Å². The number of nitrogens with zero attached hydrogens (tertiary/aromatic N) is 2. The highest BCUT2D eigenvalue weighted by Gasteiger charge is 2.09. The Bertz CT molecular complexity index is 456. The summed E-state index contributed by atoms with van der Waals surface area (Å²) < 4.78 is 6.23. The van der Waals surface area contributed by atoms with E-state index in [0.29, 0.717) is 18.8 Å². The maximum atomic E-state index is 11.9. The molecule has 0 fully saturated rings. The molecule has 18 heavy (non-hydrogen) atoms. The van der Waals surface area contributed by atoms with E-state index in [1.165, 1.54) is 22.9 Å². The van der Waals surface area contributed by atoms with Crippen LogP contribution in [0.3, 0.4) is 0 Å². The number of nitrogens with two attached hydrogens (primary N) is 1. The second-order valence-electron chi connectivity index (χ2n) is 4.09. The van der Waals surface area contributed by atoms with Crippen LogP contribution in [0.15, 0.2) is 23.1 Å². The number of nitrogen functional groups attached to an aromatic ring is 1. The van der Waals surface area contributed by atoms with Crippen LogP contribution in [0, 0.1) is 0 Å². The Morgan fingerprint density at radius 1 is 1.50 bits per heavy atom. The number of hydrogen-bond acceptors (Lipinski definition) is 4. The first-order valence-corrected chi connectivity index (χ1v) is 5.73. The molecule has 1 amide bonds. The molecule has 0 unspecified atom stereocenters. The first-order valence-electron chi connectivity index (χ1n) is 5.73. The Labute approximate surface area is 106 Å². The second-order valence-corrected chi connectivity index (χ2v) is 4.09. The van der Waals surface area contributed by atoms with Crippen molar-refractivity contribution in [2.45, 2.75) is 13.0 Å². The van der Waals surface area contributed by atoms with Crippen LogP contribution in [0.1, 0.15) is 6.42 Å². The highest BCUT2D eigenvalue weighted by Crippen LogP contribution is 1.97. The van der Waals surface area contributed by atoms with Crippen LogP contribution in [0.4, 0.5) is 5.69 Å². The molecule has 0 radical (unpaired) electrons. The Kier molecular flexibility index (Phi) is 5.38. The molecule has 0 aliphatic carbocycles. The molecular weight excluding hydrogens is 234 g/mol. The summed E-state index contributed by atoms with van der Waals surface area (Å²) in [6.45, 7) is 1.22.